The topological polar surface area (TPSA) is 26.0 Å². The summed E-state index contributed by atoms with van der Waals surface area (Å²) in [6.45, 7) is 3.06. The Balaban J connectivity index is 2.17. The molecule has 0 aliphatic heterocycles. The first-order valence-corrected chi connectivity index (χ1v) is 7.45. The van der Waals surface area contributed by atoms with Gasteiger partial charge in [-0.15, -0.1) is 0 Å². The number of nitrogens with two attached hydrogens (primary N) is 1. The van der Waals surface area contributed by atoms with Gasteiger partial charge in [-0.05, 0) is 48.8 Å². The van der Waals surface area contributed by atoms with Gasteiger partial charge in [-0.3, -0.25) is 0 Å². The molecule has 0 atom stereocenters. The van der Waals surface area contributed by atoms with E-state index in [2.05, 4.69) is 13.0 Å². The van der Waals surface area contributed by atoms with Crippen molar-refractivity contribution in [3.63, 3.8) is 0 Å². The minimum absolute atomic E-state index is 0.223. The highest BCUT2D eigenvalue weighted by Crippen LogP contribution is 2.42. The van der Waals surface area contributed by atoms with Crippen LogP contribution in [-0.4, -0.2) is 6.54 Å². The van der Waals surface area contributed by atoms with Crippen LogP contribution in [0.25, 0.3) is 0 Å². The van der Waals surface area contributed by atoms with Crippen molar-refractivity contribution in [2.45, 2.75) is 39.0 Å². The van der Waals surface area contributed by atoms with Gasteiger partial charge in [0.1, 0.15) is 0 Å². The summed E-state index contributed by atoms with van der Waals surface area (Å²) in [7, 11) is 0. The third-order valence-corrected chi connectivity index (χ3v) is 5.22. The molecule has 2 N–H and O–H groups in total. The molecule has 1 aliphatic rings. The average Bonchev–Trinajstić information content (AvgIpc) is 2.38. The maximum Gasteiger partial charge on any atom is 0.0624 e. The predicted octanol–water partition coefficient (Wildman–Crippen LogP) is 4.69. The summed E-state index contributed by atoms with van der Waals surface area (Å²) in [4.78, 5) is 0. The molecule has 1 fully saturated rings. The lowest BCUT2D eigenvalue weighted by atomic mass is 9.68. The second kappa shape index (κ2) is 5.81. The standard InChI is InChI=1S/C15H21Cl2N/c1-11-5-7-15(10-18,8-6-11)9-12-3-2-4-13(16)14(12)17/h2-4,11H,5-10,18H2,1H3. The fourth-order valence-electron chi connectivity index (χ4n) is 2.92. The first-order chi connectivity index (χ1) is 8.56. The van der Waals surface area contributed by atoms with Crippen LogP contribution in [0.2, 0.25) is 10.0 Å². The van der Waals surface area contributed by atoms with E-state index in [-0.39, 0.29) is 5.41 Å². The van der Waals surface area contributed by atoms with E-state index >= 15 is 0 Å². The van der Waals surface area contributed by atoms with Crippen LogP contribution < -0.4 is 5.73 Å². The summed E-state index contributed by atoms with van der Waals surface area (Å²) >= 11 is 12.4. The van der Waals surface area contributed by atoms with Crippen LogP contribution >= 0.6 is 23.2 Å². The van der Waals surface area contributed by atoms with Crippen molar-refractivity contribution in [2.24, 2.45) is 17.1 Å². The van der Waals surface area contributed by atoms with E-state index in [1.54, 1.807) is 0 Å². The van der Waals surface area contributed by atoms with Crippen LogP contribution in [0.3, 0.4) is 0 Å². The summed E-state index contributed by atoms with van der Waals surface area (Å²) in [6, 6.07) is 5.88. The highest BCUT2D eigenvalue weighted by molar-refractivity contribution is 6.42. The van der Waals surface area contributed by atoms with Crippen molar-refractivity contribution in [1.29, 1.82) is 0 Å². The second-order valence-corrected chi connectivity index (χ2v) is 6.56. The Labute approximate surface area is 120 Å². The quantitative estimate of drug-likeness (QED) is 0.857. The van der Waals surface area contributed by atoms with E-state index < -0.39 is 0 Å². The van der Waals surface area contributed by atoms with Gasteiger partial charge in [-0.25, -0.2) is 0 Å². The number of rotatable bonds is 3. The van der Waals surface area contributed by atoms with Crippen LogP contribution in [-0.2, 0) is 6.42 Å². The Morgan fingerprint density at radius 1 is 1.28 bits per heavy atom. The van der Waals surface area contributed by atoms with Gasteiger partial charge in [0, 0.05) is 0 Å². The molecular weight excluding hydrogens is 265 g/mol. The normalized spacial score (nSPS) is 28.3. The van der Waals surface area contributed by atoms with Crippen LogP contribution in [0, 0.1) is 11.3 Å². The molecule has 1 nitrogen and oxygen atoms in total. The zero-order valence-electron chi connectivity index (χ0n) is 10.9. The molecule has 2 rings (SSSR count). The molecule has 1 aromatic rings. The molecule has 1 saturated carbocycles. The molecule has 0 saturated heterocycles. The van der Waals surface area contributed by atoms with Gasteiger partial charge in [0.25, 0.3) is 0 Å². The van der Waals surface area contributed by atoms with Gasteiger partial charge >= 0.3 is 0 Å². The Bertz CT molecular complexity index is 409. The van der Waals surface area contributed by atoms with Crippen molar-refractivity contribution in [2.75, 3.05) is 6.54 Å². The minimum atomic E-state index is 0.223. The number of benzene rings is 1. The van der Waals surface area contributed by atoms with Gasteiger partial charge in [-0.2, -0.15) is 0 Å². The summed E-state index contributed by atoms with van der Waals surface area (Å²) in [5.74, 6) is 0.833. The Kier molecular flexibility index (Phi) is 4.58. The molecule has 18 heavy (non-hydrogen) atoms. The van der Waals surface area contributed by atoms with E-state index in [0.717, 1.165) is 24.4 Å². The third kappa shape index (κ3) is 3.01. The van der Waals surface area contributed by atoms with E-state index in [4.69, 9.17) is 28.9 Å². The highest BCUT2D eigenvalue weighted by Gasteiger charge is 2.33. The predicted molar refractivity (Wildman–Crippen MR) is 79.3 cm³/mol. The Morgan fingerprint density at radius 2 is 1.94 bits per heavy atom. The number of halogens is 2. The maximum absolute atomic E-state index is 6.29. The molecule has 0 aromatic heterocycles. The Morgan fingerprint density at radius 3 is 2.56 bits per heavy atom. The lowest BCUT2D eigenvalue weighted by Crippen LogP contribution is -2.36. The fraction of sp³-hybridized carbons (Fsp3) is 0.600. The van der Waals surface area contributed by atoms with Crippen molar-refractivity contribution >= 4 is 23.2 Å². The van der Waals surface area contributed by atoms with Gasteiger partial charge in [0.05, 0.1) is 10.0 Å². The summed E-state index contributed by atoms with van der Waals surface area (Å²) < 4.78 is 0. The van der Waals surface area contributed by atoms with Gasteiger partial charge in [0.2, 0.25) is 0 Å². The molecule has 0 spiro atoms. The molecule has 0 amide bonds. The molecule has 3 heteroatoms. The molecule has 1 aliphatic carbocycles. The Hall–Kier alpha value is -0.240. The average molecular weight is 286 g/mol. The van der Waals surface area contributed by atoms with Gasteiger partial charge in [0.15, 0.2) is 0 Å². The van der Waals surface area contributed by atoms with Crippen LogP contribution in [0.4, 0.5) is 0 Å². The monoisotopic (exact) mass is 285 g/mol. The summed E-state index contributed by atoms with van der Waals surface area (Å²) in [5, 5.41) is 1.34. The molecule has 0 heterocycles. The molecule has 0 radical (unpaired) electrons. The molecule has 1 aromatic carbocycles. The van der Waals surface area contributed by atoms with E-state index in [1.807, 2.05) is 12.1 Å². The van der Waals surface area contributed by atoms with Crippen LogP contribution in [0.15, 0.2) is 18.2 Å². The molecular formula is C15H21Cl2N. The number of hydrogen-bond acceptors (Lipinski definition) is 1. The fourth-order valence-corrected chi connectivity index (χ4v) is 3.30. The van der Waals surface area contributed by atoms with E-state index in [9.17, 15) is 0 Å². The van der Waals surface area contributed by atoms with Crippen molar-refractivity contribution in [1.82, 2.24) is 0 Å². The maximum atomic E-state index is 6.29. The van der Waals surface area contributed by atoms with Crippen molar-refractivity contribution in [3.8, 4) is 0 Å². The second-order valence-electron chi connectivity index (χ2n) is 5.78. The lowest BCUT2D eigenvalue weighted by Gasteiger charge is -2.39. The van der Waals surface area contributed by atoms with Crippen molar-refractivity contribution in [3.05, 3.63) is 33.8 Å². The zero-order chi connectivity index (χ0) is 13.2. The van der Waals surface area contributed by atoms with Crippen LogP contribution in [0.5, 0.6) is 0 Å². The van der Waals surface area contributed by atoms with Gasteiger partial charge < -0.3 is 5.73 Å². The summed E-state index contributed by atoms with van der Waals surface area (Å²) in [6.07, 6.45) is 5.90. The minimum Gasteiger partial charge on any atom is -0.330 e. The molecule has 100 valence electrons. The first kappa shape index (κ1) is 14.2. The van der Waals surface area contributed by atoms with Gasteiger partial charge in [-0.1, -0.05) is 55.1 Å². The van der Waals surface area contributed by atoms with Crippen LogP contribution in [0.1, 0.15) is 38.2 Å². The zero-order valence-corrected chi connectivity index (χ0v) is 12.4. The molecule has 0 unspecified atom stereocenters. The first-order valence-electron chi connectivity index (χ1n) is 6.69. The largest absolute Gasteiger partial charge is 0.330 e. The number of hydrogen-bond donors (Lipinski definition) is 1. The smallest absolute Gasteiger partial charge is 0.0624 e. The van der Waals surface area contributed by atoms with E-state index in [0.29, 0.717) is 10.0 Å². The lowest BCUT2D eigenvalue weighted by molar-refractivity contribution is 0.163. The summed E-state index contributed by atoms with van der Waals surface area (Å²) in [5.41, 5.74) is 7.41. The third-order valence-electron chi connectivity index (χ3n) is 4.36. The SMILES string of the molecule is CC1CCC(CN)(Cc2cccc(Cl)c2Cl)CC1. The highest BCUT2D eigenvalue weighted by atomic mass is 35.5. The molecule has 0 bridgehead atoms. The van der Waals surface area contributed by atoms with E-state index in [1.165, 1.54) is 25.7 Å². The van der Waals surface area contributed by atoms with Crippen molar-refractivity contribution < 1.29 is 0 Å².